The summed E-state index contributed by atoms with van der Waals surface area (Å²) in [5, 5.41) is 30.9. The van der Waals surface area contributed by atoms with Gasteiger partial charge in [-0.15, -0.1) is 21.5 Å². The van der Waals surface area contributed by atoms with E-state index in [0.29, 0.717) is 36.0 Å². The van der Waals surface area contributed by atoms with Gasteiger partial charge in [-0.1, -0.05) is 26.8 Å². The lowest BCUT2D eigenvalue weighted by Crippen LogP contribution is -2.45. The molecule has 1 aliphatic heterocycles. The van der Waals surface area contributed by atoms with Crippen molar-refractivity contribution in [2.75, 3.05) is 23.3 Å². The first-order valence-corrected chi connectivity index (χ1v) is 17.0. The number of ether oxygens (including phenoxy) is 1. The third-order valence-corrected chi connectivity index (χ3v) is 8.82. The Kier molecular flexibility index (Phi) is 10.1. The number of nitrogens with zero attached hydrogens (tertiary/aromatic N) is 8. The lowest BCUT2D eigenvalue weighted by atomic mass is 9.93. The summed E-state index contributed by atoms with van der Waals surface area (Å²) in [6, 6.07) is 8.26. The molecule has 1 fully saturated rings. The second kappa shape index (κ2) is 14.8. The van der Waals surface area contributed by atoms with Gasteiger partial charge < -0.3 is 20.1 Å². The Labute approximate surface area is 295 Å². The number of rotatable bonds is 10. The number of thiazole rings is 1. The standard InChI is InChI=1S/C33H35N11O6S/c1-33(2,3)24-19-51-31(35-24)37-29(47)20-11-14-44-26(15-20)36-28(23(30(44)48)9-10-25-38-40-41-39-25)43-13-6-8-22(17-43)50-32(49)34-16-21-7-4-5-12-42(21)18-27(45)46/h4-5,7,9-12,14-15,19,22H,6,8,13,16-18H2,1-3H3,(H3-,34,35,37,38,39,40,41,45,46,47,49)/p+1/t22-/m1/s1. The van der Waals surface area contributed by atoms with Crippen LogP contribution in [-0.2, 0) is 28.0 Å². The molecule has 17 nitrogen and oxygen atoms in total. The van der Waals surface area contributed by atoms with Crippen molar-refractivity contribution >= 4 is 58.1 Å². The first-order chi connectivity index (χ1) is 24.4. The zero-order chi connectivity index (χ0) is 36.1. The summed E-state index contributed by atoms with van der Waals surface area (Å²) in [5.74, 6) is -0.810. The van der Waals surface area contributed by atoms with Crippen molar-refractivity contribution in [1.82, 2.24) is 40.3 Å². The van der Waals surface area contributed by atoms with E-state index < -0.39 is 29.6 Å². The van der Waals surface area contributed by atoms with E-state index in [1.165, 1.54) is 44.7 Å². The maximum absolute atomic E-state index is 13.9. The Bertz CT molecular complexity index is 2160. The largest absolute Gasteiger partial charge is 0.477 e. The number of hydrogen-bond acceptors (Lipinski definition) is 12. The van der Waals surface area contributed by atoms with E-state index in [0.717, 1.165) is 5.69 Å². The maximum Gasteiger partial charge on any atom is 0.407 e. The highest BCUT2D eigenvalue weighted by molar-refractivity contribution is 7.14. The Morgan fingerprint density at radius 1 is 1.20 bits per heavy atom. The predicted octanol–water partition coefficient (Wildman–Crippen LogP) is 2.65. The highest BCUT2D eigenvalue weighted by Gasteiger charge is 2.28. The molecule has 0 bridgehead atoms. The van der Waals surface area contributed by atoms with Crippen LogP contribution < -0.4 is 25.7 Å². The molecule has 0 spiro atoms. The van der Waals surface area contributed by atoms with Gasteiger partial charge in [0.25, 0.3) is 11.5 Å². The molecule has 5 aromatic heterocycles. The van der Waals surface area contributed by atoms with E-state index in [1.54, 1.807) is 30.5 Å². The fraction of sp³-hybridized carbons (Fsp3) is 0.333. The SMILES string of the molecule is CC(C)(C)c1csc(NC(=O)c2ccn3c(=O)c(/C=C/c4nn[nH]n4)c(N4CCC[C@@H](OC(=O)NCc5cccc[n+]5CC(=O)O)C4)nc3c2)n1. The number of H-pyrrole nitrogens is 1. The average Bonchev–Trinajstić information content (AvgIpc) is 3.80. The second-order valence-corrected chi connectivity index (χ2v) is 13.7. The molecule has 4 N–H and O–H groups in total. The Morgan fingerprint density at radius 3 is 2.78 bits per heavy atom. The molecular weight excluding hydrogens is 679 g/mol. The van der Waals surface area contributed by atoms with Gasteiger partial charge in [0.1, 0.15) is 24.1 Å². The van der Waals surface area contributed by atoms with Crippen molar-refractivity contribution in [2.45, 2.75) is 58.2 Å². The summed E-state index contributed by atoms with van der Waals surface area (Å²) in [6.45, 7) is 6.70. The molecule has 18 heteroatoms. The van der Waals surface area contributed by atoms with Gasteiger partial charge in [0.05, 0.1) is 17.8 Å². The highest BCUT2D eigenvalue weighted by Crippen LogP contribution is 2.27. The topological polar surface area (TPSA) is 214 Å². The van der Waals surface area contributed by atoms with Crippen molar-refractivity contribution in [3.63, 3.8) is 0 Å². The second-order valence-electron chi connectivity index (χ2n) is 12.8. The van der Waals surface area contributed by atoms with Gasteiger partial charge in [-0.3, -0.25) is 19.3 Å². The van der Waals surface area contributed by atoms with Crippen LogP contribution in [0.5, 0.6) is 0 Å². The normalized spacial score (nSPS) is 14.9. The number of aromatic amines is 1. The van der Waals surface area contributed by atoms with Crippen LogP contribution in [0.1, 0.15) is 66.7 Å². The maximum atomic E-state index is 13.9. The number of anilines is 2. The van der Waals surface area contributed by atoms with Gasteiger partial charge in [0.2, 0.25) is 12.2 Å². The molecule has 0 saturated carbocycles. The first kappa shape index (κ1) is 34.8. The van der Waals surface area contributed by atoms with Crippen molar-refractivity contribution < 1.29 is 28.8 Å². The van der Waals surface area contributed by atoms with E-state index in [9.17, 15) is 24.3 Å². The molecule has 51 heavy (non-hydrogen) atoms. The molecule has 6 heterocycles. The summed E-state index contributed by atoms with van der Waals surface area (Å²) in [5.41, 5.74) is 1.66. The lowest BCUT2D eigenvalue weighted by Gasteiger charge is -2.33. The minimum absolute atomic E-state index is 0.0631. The molecule has 0 radical (unpaired) electrons. The zero-order valence-corrected chi connectivity index (χ0v) is 28.9. The van der Waals surface area contributed by atoms with Gasteiger partial charge in [0.15, 0.2) is 17.2 Å². The highest BCUT2D eigenvalue weighted by atomic mass is 32.1. The summed E-state index contributed by atoms with van der Waals surface area (Å²) >= 11 is 1.33. The number of nitrogens with one attached hydrogen (secondary N) is 3. The number of piperidine rings is 1. The molecule has 0 aliphatic carbocycles. The third kappa shape index (κ3) is 8.41. The summed E-state index contributed by atoms with van der Waals surface area (Å²) in [7, 11) is 0. The fourth-order valence-electron chi connectivity index (χ4n) is 5.47. The Balaban J connectivity index is 1.24. The third-order valence-electron chi connectivity index (χ3n) is 8.07. The van der Waals surface area contributed by atoms with Gasteiger partial charge in [-0.25, -0.2) is 19.6 Å². The molecule has 0 aromatic carbocycles. The van der Waals surface area contributed by atoms with Crippen molar-refractivity contribution in [3.05, 3.63) is 86.8 Å². The van der Waals surface area contributed by atoms with E-state index in [2.05, 4.69) is 36.2 Å². The first-order valence-electron chi connectivity index (χ1n) is 16.1. The molecule has 2 amide bonds. The predicted molar refractivity (Wildman–Crippen MR) is 186 cm³/mol. The number of alkyl carbamates (subject to hydrolysis) is 1. The minimum atomic E-state index is -1.00. The van der Waals surface area contributed by atoms with E-state index in [-0.39, 0.29) is 47.6 Å². The van der Waals surface area contributed by atoms with Gasteiger partial charge in [0, 0.05) is 41.2 Å². The molecule has 264 valence electrons. The molecule has 6 rings (SSSR count). The lowest BCUT2D eigenvalue weighted by molar-refractivity contribution is -0.693. The van der Waals surface area contributed by atoms with Crippen LogP contribution in [0.3, 0.4) is 0 Å². The van der Waals surface area contributed by atoms with Crippen LogP contribution in [0.15, 0.2) is 52.9 Å². The number of carboxylic acids is 1. The van der Waals surface area contributed by atoms with E-state index in [1.807, 2.05) is 31.1 Å². The van der Waals surface area contributed by atoms with E-state index in [4.69, 9.17) is 9.72 Å². The van der Waals surface area contributed by atoms with Crippen LogP contribution in [0.4, 0.5) is 15.7 Å². The van der Waals surface area contributed by atoms with Crippen molar-refractivity contribution in [3.8, 4) is 0 Å². The summed E-state index contributed by atoms with van der Waals surface area (Å²) in [6.07, 6.45) is 6.22. The number of fused-ring (bicyclic) bond motifs is 1. The number of amides is 2. The smallest absolute Gasteiger partial charge is 0.407 e. The molecular formula is C33H36N11O6S+. The number of aromatic nitrogens is 8. The fourth-order valence-corrected chi connectivity index (χ4v) is 6.40. The monoisotopic (exact) mass is 714 g/mol. The summed E-state index contributed by atoms with van der Waals surface area (Å²) in [4.78, 5) is 62.5. The zero-order valence-electron chi connectivity index (χ0n) is 28.1. The van der Waals surface area contributed by atoms with Gasteiger partial charge in [-0.05, 0) is 42.3 Å². The van der Waals surface area contributed by atoms with Crippen LogP contribution >= 0.6 is 11.3 Å². The Morgan fingerprint density at radius 2 is 2.04 bits per heavy atom. The van der Waals surface area contributed by atoms with Crippen LogP contribution in [-0.4, -0.2) is 77.3 Å². The van der Waals surface area contributed by atoms with Crippen LogP contribution in [0.2, 0.25) is 0 Å². The average molecular weight is 715 g/mol. The quantitative estimate of drug-likeness (QED) is 0.154. The van der Waals surface area contributed by atoms with Crippen LogP contribution in [0, 0.1) is 0 Å². The van der Waals surface area contributed by atoms with Gasteiger partial charge >= 0.3 is 12.1 Å². The number of pyridine rings is 2. The summed E-state index contributed by atoms with van der Waals surface area (Å²) < 4.78 is 8.63. The number of hydrogen-bond donors (Lipinski definition) is 4. The molecule has 0 unspecified atom stereocenters. The number of carbonyl (C=O) groups excluding carboxylic acids is 2. The molecule has 5 aromatic rings. The number of tetrazole rings is 1. The number of carboxylic acid groups (broad SMARTS) is 1. The molecule has 1 atom stereocenters. The minimum Gasteiger partial charge on any atom is -0.477 e. The van der Waals surface area contributed by atoms with Gasteiger partial charge in [-0.2, -0.15) is 9.78 Å². The number of carbonyl (C=O) groups is 3. The van der Waals surface area contributed by atoms with Crippen molar-refractivity contribution in [1.29, 1.82) is 0 Å². The van der Waals surface area contributed by atoms with Crippen LogP contribution in [0.25, 0.3) is 17.8 Å². The molecule has 1 saturated heterocycles. The van der Waals surface area contributed by atoms with Crippen molar-refractivity contribution in [2.24, 2.45) is 0 Å². The Hall–Kier alpha value is -6.04. The number of aliphatic carboxylic acids is 1. The molecule has 1 aliphatic rings. The van der Waals surface area contributed by atoms with E-state index >= 15 is 0 Å².